The largest absolute Gasteiger partial charge is 0.453 e. The predicted octanol–water partition coefficient (Wildman–Crippen LogP) is 3.01. The van der Waals surface area contributed by atoms with E-state index in [0.717, 1.165) is 19.3 Å². The minimum Gasteiger partial charge on any atom is -0.453 e. The predicted molar refractivity (Wildman–Crippen MR) is 97.5 cm³/mol. The van der Waals surface area contributed by atoms with Gasteiger partial charge in [-0.3, -0.25) is 14.4 Å². The van der Waals surface area contributed by atoms with Gasteiger partial charge in [0.25, 0.3) is 5.91 Å². The number of hydrogen-bond donors (Lipinski definition) is 1. The van der Waals surface area contributed by atoms with Gasteiger partial charge in [-0.15, -0.1) is 0 Å². The van der Waals surface area contributed by atoms with E-state index in [2.05, 4.69) is 10.5 Å². The second-order valence-electron chi connectivity index (χ2n) is 6.70. The van der Waals surface area contributed by atoms with Crippen LogP contribution in [0.1, 0.15) is 53.4 Å². The number of carbonyl (C=O) groups excluding carboxylic acids is 3. The van der Waals surface area contributed by atoms with Crippen molar-refractivity contribution in [1.82, 2.24) is 5.16 Å². The van der Waals surface area contributed by atoms with Crippen LogP contribution in [0.3, 0.4) is 0 Å². The zero-order valence-electron chi connectivity index (χ0n) is 15.4. The minimum absolute atomic E-state index is 0.0500. The van der Waals surface area contributed by atoms with Gasteiger partial charge in [0.15, 0.2) is 17.7 Å². The second-order valence-corrected chi connectivity index (χ2v) is 6.70. The molecule has 7 nitrogen and oxygen atoms in total. The van der Waals surface area contributed by atoms with Crippen molar-refractivity contribution in [2.45, 2.75) is 52.1 Å². The molecule has 2 aromatic rings. The van der Waals surface area contributed by atoms with E-state index in [4.69, 9.17) is 9.26 Å². The van der Waals surface area contributed by atoms with Crippen LogP contribution in [-0.2, 0) is 27.2 Å². The molecule has 1 aromatic heterocycles. The number of carbonyl (C=O) groups is 3. The van der Waals surface area contributed by atoms with Gasteiger partial charge < -0.3 is 14.6 Å². The lowest BCUT2D eigenvalue weighted by Crippen LogP contribution is -2.30. The van der Waals surface area contributed by atoms with Crippen molar-refractivity contribution < 1.29 is 23.6 Å². The molecule has 0 fully saturated rings. The number of fused-ring (bicyclic) bond motifs is 1. The fraction of sp³-hybridized carbons (Fsp3) is 0.400. The normalized spacial score (nSPS) is 13.7. The molecule has 1 atom stereocenters. The van der Waals surface area contributed by atoms with Gasteiger partial charge in [-0.05, 0) is 50.3 Å². The molecule has 0 bridgehead atoms. The Balaban J connectivity index is 1.46. The second kappa shape index (κ2) is 8.16. The monoisotopic (exact) mass is 370 g/mol. The summed E-state index contributed by atoms with van der Waals surface area (Å²) in [5.41, 5.74) is 3.14. The summed E-state index contributed by atoms with van der Waals surface area (Å²) in [4.78, 5) is 36.2. The van der Waals surface area contributed by atoms with Crippen LogP contribution in [0.25, 0.3) is 0 Å². The standard InChI is InChI=1S/C20H22N2O5/c1-12-10-18(22-27-12)21-20(25)13(2)26-19(24)9-8-17(23)16-7-6-14-4-3-5-15(14)11-16/h6-7,10-11,13H,3-5,8-9H2,1-2H3,(H,21,22,25)/t13-/m1/s1. The molecule has 0 spiro atoms. The summed E-state index contributed by atoms with van der Waals surface area (Å²) in [5, 5.41) is 6.14. The van der Waals surface area contributed by atoms with E-state index in [-0.39, 0.29) is 24.4 Å². The summed E-state index contributed by atoms with van der Waals surface area (Å²) in [5.74, 6) is -0.394. The number of aryl methyl sites for hydroxylation is 3. The third kappa shape index (κ3) is 4.81. The van der Waals surface area contributed by atoms with Crippen LogP contribution in [0.5, 0.6) is 0 Å². The van der Waals surface area contributed by atoms with Gasteiger partial charge in [-0.25, -0.2) is 0 Å². The third-order valence-electron chi connectivity index (χ3n) is 4.53. The zero-order chi connectivity index (χ0) is 19.4. The number of ether oxygens (including phenoxy) is 1. The number of esters is 1. The molecule has 0 aliphatic heterocycles. The van der Waals surface area contributed by atoms with E-state index in [1.54, 1.807) is 13.0 Å². The molecule has 7 heteroatoms. The molecular weight excluding hydrogens is 348 g/mol. The first-order chi connectivity index (χ1) is 12.9. The Labute approximate surface area is 157 Å². The SMILES string of the molecule is Cc1cc(NC(=O)[C@@H](C)OC(=O)CCC(=O)c2ccc3c(c2)CCC3)no1. The molecule has 0 saturated heterocycles. The van der Waals surface area contributed by atoms with Crippen molar-refractivity contribution in [3.8, 4) is 0 Å². The van der Waals surface area contributed by atoms with Crippen LogP contribution in [0.15, 0.2) is 28.8 Å². The van der Waals surface area contributed by atoms with E-state index in [1.165, 1.54) is 18.1 Å². The number of hydrogen-bond acceptors (Lipinski definition) is 6. The molecule has 0 saturated carbocycles. The Morgan fingerprint density at radius 1 is 1.19 bits per heavy atom. The molecule has 1 aliphatic carbocycles. The highest BCUT2D eigenvalue weighted by Crippen LogP contribution is 2.23. The number of nitrogens with one attached hydrogen (secondary N) is 1. The molecule has 27 heavy (non-hydrogen) atoms. The molecule has 0 unspecified atom stereocenters. The maximum Gasteiger partial charge on any atom is 0.307 e. The summed E-state index contributed by atoms with van der Waals surface area (Å²) in [6, 6.07) is 7.29. The summed E-state index contributed by atoms with van der Waals surface area (Å²) >= 11 is 0. The quantitative estimate of drug-likeness (QED) is 0.594. The highest BCUT2D eigenvalue weighted by Gasteiger charge is 2.20. The number of rotatable bonds is 7. The first-order valence-corrected chi connectivity index (χ1v) is 9.01. The van der Waals surface area contributed by atoms with E-state index in [9.17, 15) is 14.4 Å². The summed E-state index contributed by atoms with van der Waals surface area (Å²) in [6.45, 7) is 3.16. The average Bonchev–Trinajstić information content (AvgIpc) is 3.27. The molecular formula is C20H22N2O5. The Bertz CT molecular complexity index is 871. The van der Waals surface area contributed by atoms with Crippen molar-refractivity contribution in [2.75, 3.05) is 5.32 Å². The van der Waals surface area contributed by atoms with Gasteiger partial charge in [-0.1, -0.05) is 17.3 Å². The Morgan fingerprint density at radius 3 is 2.70 bits per heavy atom. The summed E-state index contributed by atoms with van der Waals surface area (Å²) in [7, 11) is 0. The molecule has 1 amide bonds. The fourth-order valence-corrected chi connectivity index (χ4v) is 3.07. The average molecular weight is 370 g/mol. The fourth-order valence-electron chi connectivity index (χ4n) is 3.07. The summed E-state index contributed by atoms with van der Waals surface area (Å²) in [6.07, 6.45) is 2.16. The van der Waals surface area contributed by atoms with Crippen LogP contribution in [-0.4, -0.2) is 28.9 Å². The van der Waals surface area contributed by atoms with Crippen LogP contribution in [0.2, 0.25) is 0 Å². The van der Waals surface area contributed by atoms with E-state index >= 15 is 0 Å². The van der Waals surface area contributed by atoms with Gasteiger partial charge in [0.2, 0.25) is 0 Å². The Morgan fingerprint density at radius 2 is 1.96 bits per heavy atom. The number of nitrogens with zero attached hydrogens (tertiary/aromatic N) is 1. The minimum atomic E-state index is -0.996. The first-order valence-electron chi connectivity index (χ1n) is 9.01. The van der Waals surface area contributed by atoms with Gasteiger partial charge in [0.1, 0.15) is 5.76 Å². The lowest BCUT2D eigenvalue weighted by Gasteiger charge is -2.12. The molecule has 0 radical (unpaired) electrons. The number of ketones is 1. The first kappa shape index (κ1) is 18.8. The highest BCUT2D eigenvalue weighted by molar-refractivity contribution is 5.98. The maximum absolute atomic E-state index is 12.3. The van der Waals surface area contributed by atoms with Crippen molar-refractivity contribution in [1.29, 1.82) is 0 Å². The summed E-state index contributed by atoms with van der Waals surface area (Å²) < 4.78 is 9.94. The van der Waals surface area contributed by atoms with E-state index < -0.39 is 18.0 Å². The van der Waals surface area contributed by atoms with Crippen molar-refractivity contribution >= 4 is 23.5 Å². The zero-order valence-corrected chi connectivity index (χ0v) is 15.4. The number of anilines is 1. The van der Waals surface area contributed by atoms with Gasteiger partial charge in [0, 0.05) is 18.1 Å². The smallest absolute Gasteiger partial charge is 0.307 e. The third-order valence-corrected chi connectivity index (χ3v) is 4.53. The number of amides is 1. The van der Waals surface area contributed by atoms with Crippen LogP contribution < -0.4 is 5.32 Å². The molecule has 3 rings (SSSR count). The lowest BCUT2D eigenvalue weighted by atomic mass is 10.0. The van der Waals surface area contributed by atoms with Gasteiger partial charge >= 0.3 is 5.97 Å². The highest BCUT2D eigenvalue weighted by atomic mass is 16.5. The molecule has 1 aliphatic rings. The van der Waals surface area contributed by atoms with E-state index in [1.807, 2.05) is 18.2 Å². The van der Waals surface area contributed by atoms with E-state index in [0.29, 0.717) is 11.3 Å². The van der Waals surface area contributed by atoms with Gasteiger partial charge in [-0.2, -0.15) is 0 Å². The maximum atomic E-state index is 12.3. The number of benzene rings is 1. The van der Waals surface area contributed by atoms with Crippen molar-refractivity contribution in [3.05, 3.63) is 46.7 Å². The van der Waals surface area contributed by atoms with Crippen molar-refractivity contribution in [3.63, 3.8) is 0 Å². The van der Waals surface area contributed by atoms with Crippen LogP contribution >= 0.6 is 0 Å². The molecule has 142 valence electrons. The Kier molecular flexibility index (Phi) is 5.69. The van der Waals surface area contributed by atoms with Crippen LogP contribution in [0, 0.1) is 6.92 Å². The van der Waals surface area contributed by atoms with Gasteiger partial charge in [0.05, 0.1) is 6.42 Å². The Hall–Kier alpha value is -2.96. The lowest BCUT2D eigenvalue weighted by molar-refractivity contribution is -0.153. The van der Waals surface area contributed by atoms with Crippen LogP contribution in [0.4, 0.5) is 5.82 Å². The molecule has 1 aromatic carbocycles. The topological polar surface area (TPSA) is 98.5 Å². The van der Waals surface area contributed by atoms with Crippen molar-refractivity contribution in [2.24, 2.45) is 0 Å². The molecule has 1 heterocycles. The number of Topliss-reactive ketones (excluding diaryl/α,β-unsaturated/α-hetero) is 1. The number of aromatic nitrogens is 1. The molecule has 1 N–H and O–H groups in total.